The van der Waals surface area contributed by atoms with Crippen molar-refractivity contribution in [1.82, 2.24) is 0 Å². The molecule has 0 saturated heterocycles. The minimum absolute atomic E-state index is 0.263. The first kappa shape index (κ1) is 15.4. The van der Waals surface area contributed by atoms with Gasteiger partial charge in [0.15, 0.2) is 5.75 Å². The summed E-state index contributed by atoms with van der Waals surface area (Å²) in [6.07, 6.45) is 0. The zero-order valence-electron chi connectivity index (χ0n) is 12.7. The van der Waals surface area contributed by atoms with Gasteiger partial charge in [-0.15, -0.1) is 0 Å². The van der Waals surface area contributed by atoms with Gasteiger partial charge >= 0.3 is 0 Å². The van der Waals surface area contributed by atoms with Crippen molar-refractivity contribution >= 4 is 5.69 Å². The first-order valence-electron chi connectivity index (χ1n) is 7.20. The predicted octanol–water partition coefficient (Wildman–Crippen LogP) is 4.07. The zero-order valence-corrected chi connectivity index (χ0v) is 12.7. The lowest BCUT2D eigenvalue weighted by Gasteiger charge is -2.23. The maximum atomic E-state index is 9.29. The highest BCUT2D eigenvalue weighted by molar-refractivity contribution is 5.61. The quantitative estimate of drug-likeness (QED) is 0.833. The summed E-state index contributed by atoms with van der Waals surface area (Å²) >= 11 is 0. The zero-order chi connectivity index (χ0) is 15.9. The van der Waals surface area contributed by atoms with Gasteiger partial charge in [-0.3, -0.25) is 0 Å². The van der Waals surface area contributed by atoms with Crippen molar-refractivity contribution in [3.05, 3.63) is 53.6 Å². The third-order valence-corrected chi connectivity index (χ3v) is 3.45. The molecule has 2 rings (SSSR count). The Morgan fingerprint density at radius 2 is 1.59 bits per heavy atom. The molecule has 0 saturated carbocycles. The molecule has 0 fully saturated rings. The molecule has 4 nitrogen and oxygen atoms in total. The third kappa shape index (κ3) is 3.02. The first-order valence-corrected chi connectivity index (χ1v) is 7.20. The van der Waals surface area contributed by atoms with E-state index in [1.54, 1.807) is 18.2 Å². The van der Waals surface area contributed by atoms with E-state index in [-0.39, 0.29) is 5.56 Å². The van der Waals surface area contributed by atoms with Crippen LogP contribution in [0.15, 0.2) is 42.5 Å². The van der Waals surface area contributed by atoms with E-state index >= 15 is 0 Å². The highest BCUT2D eigenvalue weighted by atomic mass is 16.5. The number of hydrogen-bond acceptors (Lipinski definition) is 4. The number of benzene rings is 2. The number of nitrogens with zero attached hydrogens (tertiary/aromatic N) is 3. The Kier molecular flexibility index (Phi) is 5.01. The molecule has 0 amide bonds. The SMILES string of the molecule is CCN(CC)c1ccccc1Oc1cccc(C#N)c1C#N. The minimum Gasteiger partial charge on any atom is -0.454 e. The molecule has 0 aromatic heterocycles. The lowest BCUT2D eigenvalue weighted by atomic mass is 10.1. The van der Waals surface area contributed by atoms with Crippen LogP contribution in [0.4, 0.5) is 5.69 Å². The van der Waals surface area contributed by atoms with Crippen molar-refractivity contribution in [2.24, 2.45) is 0 Å². The second-order valence-corrected chi connectivity index (χ2v) is 4.64. The van der Waals surface area contributed by atoms with Crippen LogP contribution in [0.5, 0.6) is 11.5 Å². The van der Waals surface area contributed by atoms with E-state index in [2.05, 4.69) is 24.8 Å². The van der Waals surface area contributed by atoms with Crippen molar-refractivity contribution in [1.29, 1.82) is 10.5 Å². The van der Waals surface area contributed by atoms with Gasteiger partial charge in [0, 0.05) is 13.1 Å². The molecule has 110 valence electrons. The number of anilines is 1. The summed E-state index contributed by atoms with van der Waals surface area (Å²) in [4.78, 5) is 2.18. The molecule has 2 aromatic carbocycles. The molecule has 0 aliphatic carbocycles. The second-order valence-electron chi connectivity index (χ2n) is 4.64. The molecule has 0 radical (unpaired) electrons. The van der Waals surface area contributed by atoms with Gasteiger partial charge in [-0.1, -0.05) is 18.2 Å². The van der Waals surface area contributed by atoms with E-state index in [4.69, 9.17) is 10.00 Å². The predicted molar refractivity (Wildman–Crippen MR) is 85.9 cm³/mol. The summed E-state index contributed by atoms with van der Waals surface area (Å²) in [5.41, 5.74) is 1.55. The highest BCUT2D eigenvalue weighted by Gasteiger charge is 2.13. The number of para-hydroxylation sites is 2. The summed E-state index contributed by atoms with van der Waals surface area (Å²) in [6, 6.07) is 16.8. The third-order valence-electron chi connectivity index (χ3n) is 3.45. The normalized spacial score (nSPS) is 9.64. The summed E-state index contributed by atoms with van der Waals surface area (Å²) in [6.45, 7) is 5.88. The Bertz CT molecular complexity index is 737. The Morgan fingerprint density at radius 3 is 2.23 bits per heavy atom. The van der Waals surface area contributed by atoms with Gasteiger partial charge in [0.25, 0.3) is 0 Å². The van der Waals surface area contributed by atoms with Crippen LogP contribution in [0.3, 0.4) is 0 Å². The van der Waals surface area contributed by atoms with Gasteiger partial charge in [-0.25, -0.2) is 0 Å². The van der Waals surface area contributed by atoms with Crippen molar-refractivity contribution in [3.8, 4) is 23.6 Å². The van der Waals surface area contributed by atoms with Gasteiger partial charge in [-0.05, 0) is 38.1 Å². The molecule has 0 atom stereocenters. The van der Waals surface area contributed by atoms with Crippen molar-refractivity contribution in [2.45, 2.75) is 13.8 Å². The van der Waals surface area contributed by atoms with Gasteiger partial charge in [-0.2, -0.15) is 10.5 Å². The Morgan fingerprint density at radius 1 is 0.909 bits per heavy atom. The molecular formula is C18H17N3O. The number of ether oxygens (including phenoxy) is 1. The van der Waals surface area contributed by atoms with Crippen LogP contribution in [-0.4, -0.2) is 13.1 Å². The monoisotopic (exact) mass is 291 g/mol. The minimum atomic E-state index is 0.263. The largest absolute Gasteiger partial charge is 0.454 e. The van der Waals surface area contributed by atoms with E-state index in [1.165, 1.54) is 0 Å². The number of nitriles is 2. The molecule has 0 unspecified atom stereocenters. The van der Waals surface area contributed by atoms with Crippen molar-refractivity contribution in [2.75, 3.05) is 18.0 Å². The fourth-order valence-electron chi connectivity index (χ4n) is 2.31. The molecule has 0 spiro atoms. The average molecular weight is 291 g/mol. The Labute approximate surface area is 130 Å². The highest BCUT2D eigenvalue weighted by Crippen LogP contribution is 2.34. The van der Waals surface area contributed by atoms with Gasteiger partial charge in [0.2, 0.25) is 0 Å². The van der Waals surface area contributed by atoms with E-state index in [0.29, 0.717) is 17.1 Å². The number of hydrogen-bond donors (Lipinski definition) is 0. The van der Waals surface area contributed by atoms with Crippen LogP contribution in [0.1, 0.15) is 25.0 Å². The Hall–Kier alpha value is -2.98. The fourth-order valence-corrected chi connectivity index (χ4v) is 2.31. The van der Waals surface area contributed by atoms with Crippen LogP contribution >= 0.6 is 0 Å². The van der Waals surface area contributed by atoms with Crippen LogP contribution in [0.25, 0.3) is 0 Å². The van der Waals surface area contributed by atoms with Gasteiger partial charge in [0.1, 0.15) is 23.5 Å². The molecule has 0 N–H and O–H groups in total. The molecule has 0 aliphatic heterocycles. The standard InChI is InChI=1S/C18H17N3O/c1-3-21(4-2)16-9-5-6-10-18(16)22-17-11-7-8-14(12-19)15(17)13-20/h5-11H,3-4H2,1-2H3. The molecular weight excluding hydrogens is 274 g/mol. The average Bonchev–Trinajstić information content (AvgIpc) is 2.57. The smallest absolute Gasteiger partial charge is 0.150 e. The maximum absolute atomic E-state index is 9.29. The van der Waals surface area contributed by atoms with Crippen molar-refractivity contribution in [3.63, 3.8) is 0 Å². The van der Waals surface area contributed by atoms with Gasteiger partial charge in [0.05, 0.1) is 11.3 Å². The Balaban J connectivity index is 2.45. The molecule has 4 heteroatoms. The summed E-state index contributed by atoms with van der Waals surface area (Å²) < 4.78 is 5.94. The van der Waals surface area contributed by atoms with E-state index in [0.717, 1.165) is 18.8 Å². The van der Waals surface area contributed by atoms with Crippen LogP contribution < -0.4 is 9.64 Å². The van der Waals surface area contributed by atoms with Crippen LogP contribution in [-0.2, 0) is 0 Å². The van der Waals surface area contributed by atoms with E-state index in [1.807, 2.05) is 30.3 Å². The van der Waals surface area contributed by atoms with E-state index in [9.17, 15) is 5.26 Å². The second kappa shape index (κ2) is 7.15. The fraction of sp³-hybridized carbons (Fsp3) is 0.222. The molecule has 2 aromatic rings. The maximum Gasteiger partial charge on any atom is 0.150 e. The van der Waals surface area contributed by atoms with E-state index < -0.39 is 0 Å². The summed E-state index contributed by atoms with van der Waals surface area (Å²) in [7, 11) is 0. The summed E-state index contributed by atoms with van der Waals surface area (Å²) in [5.74, 6) is 1.08. The molecule has 0 heterocycles. The lowest BCUT2D eigenvalue weighted by molar-refractivity contribution is 0.480. The molecule has 22 heavy (non-hydrogen) atoms. The summed E-state index contributed by atoms with van der Waals surface area (Å²) in [5, 5.41) is 18.4. The molecule has 0 bridgehead atoms. The first-order chi connectivity index (χ1) is 10.7. The van der Waals surface area contributed by atoms with Gasteiger partial charge < -0.3 is 9.64 Å². The van der Waals surface area contributed by atoms with Crippen molar-refractivity contribution < 1.29 is 4.74 Å². The molecule has 0 aliphatic rings. The van der Waals surface area contributed by atoms with Crippen LogP contribution in [0, 0.1) is 22.7 Å². The van der Waals surface area contributed by atoms with Crippen LogP contribution in [0.2, 0.25) is 0 Å². The lowest BCUT2D eigenvalue weighted by Crippen LogP contribution is -2.22. The number of rotatable bonds is 5. The topological polar surface area (TPSA) is 60.0 Å².